The van der Waals surface area contributed by atoms with Crippen molar-refractivity contribution >= 4 is 0 Å². The Hall–Kier alpha value is -1.70. The summed E-state index contributed by atoms with van der Waals surface area (Å²) in [4.78, 5) is 0. The van der Waals surface area contributed by atoms with Crippen molar-refractivity contribution in [3.63, 3.8) is 0 Å². The molecular formula is C13H9F2. The number of hydrogen-bond donors (Lipinski definition) is 0. The Morgan fingerprint density at radius 1 is 0.800 bits per heavy atom. The van der Waals surface area contributed by atoms with Crippen LogP contribution in [0.4, 0.5) is 8.78 Å². The lowest BCUT2D eigenvalue weighted by atomic mass is 10.0. The van der Waals surface area contributed by atoms with Crippen LogP contribution in [0, 0.1) is 18.1 Å². The van der Waals surface area contributed by atoms with Gasteiger partial charge in [-0.05, 0) is 29.3 Å². The molecule has 75 valence electrons. The highest BCUT2D eigenvalue weighted by Crippen LogP contribution is 2.15. The number of halogens is 2. The van der Waals surface area contributed by atoms with Crippen molar-refractivity contribution in [1.82, 2.24) is 0 Å². The second kappa shape index (κ2) is 4.22. The van der Waals surface area contributed by atoms with Gasteiger partial charge in [0.25, 0.3) is 0 Å². The Morgan fingerprint density at radius 3 is 2.13 bits per heavy atom. The van der Waals surface area contributed by atoms with Crippen LogP contribution in [-0.4, -0.2) is 0 Å². The van der Waals surface area contributed by atoms with E-state index in [2.05, 4.69) is 0 Å². The Balaban J connectivity index is 2.22. The van der Waals surface area contributed by atoms with Gasteiger partial charge in [-0.3, -0.25) is 0 Å². The summed E-state index contributed by atoms with van der Waals surface area (Å²) in [6, 6.07) is 12.4. The van der Waals surface area contributed by atoms with E-state index < -0.39 is 0 Å². The van der Waals surface area contributed by atoms with E-state index in [0.29, 0.717) is 5.56 Å². The Kier molecular flexibility index (Phi) is 2.77. The molecule has 0 saturated carbocycles. The number of rotatable bonds is 2. The molecule has 0 heterocycles. The van der Waals surface area contributed by atoms with Crippen molar-refractivity contribution in [2.24, 2.45) is 0 Å². The Morgan fingerprint density at radius 2 is 1.47 bits per heavy atom. The third kappa shape index (κ3) is 2.40. The first kappa shape index (κ1) is 9.84. The molecule has 1 radical (unpaired) electrons. The fourth-order valence-corrected chi connectivity index (χ4v) is 1.33. The van der Waals surface area contributed by atoms with Gasteiger partial charge in [0.05, 0.1) is 0 Å². The molecule has 0 aliphatic carbocycles. The third-order valence-electron chi connectivity index (χ3n) is 2.10. The molecule has 0 N–H and O–H groups in total. The maximum Gasteiger partial charge on any atom is 0.127 e. The highest BCUT2D eigenvalue weighted by atomic mass is 19.1. The highest BCUT2D eigenvalue weighted by Gasteiger charge is 2.02. The lowest BCUT2D eigenvalue weighted by molar-refractivity contribution is 0.620. The summed E-state index contributed by atoms with van der Waals surface area (Å²) in [6.07, 6.45) is 1.68. The van der Waals surface area contributed by atoms with E-state index in [1.54, 1.807) is 36.8 Å². The molecule has 0 amide bonds. The van der Waals surface area contributed by atoms with Crippen molar-refractivity contribution in [3.8, 4) is 0 Å². The summed E-state index contributed by atoms with van der Waals surface area (Å²) in [6.45, 7) is 0. The largest absolute Gasteiger partial charge is 0.207 e. The van der Waals surface area contributed by atoms with E-state index >= 15 is 0 Å². The van der Waals surface area contributed by atoms with Gasteiger partial charge < -0.3 is 0 Å². The second-order valence-electron chi connectivity index (χ2n) is 3.22. The van der Waals surface area contributed by atoms with Crippen LogP contribution in [0.2, 0.25) is 0 Å². The van der Waals surface area contributed by atoms with Crippen LogP contribution in [0.25, 0.3) is 0 Å². The molecule has 0 spiro atoms. The van der Waals surface area contributed by atoms with Crippen LogP contribution in [0.5, 0.6) is 0 Å². The van der Waals surface area contributed by atoms with Crippen LogP contribution in [-0.2, 0) is 0 Å². The molecule has 0 bridgehead atoms. The minimum absolute atomic E-state index is 0.276. The molecule has 0 aliphatic heterocycles. The Labute approximate surface area is 87.2 Å². The predicted molar refractivity (Wildman–Crippen MR) is 55.3 cm³/mol. The van der Waals surface area contributed by atoms with Crippen molar-refractivity contribution < 1.29 is 8.78 Å². The summed E-state index contributed by atoms with van der Waals surface area (Å²) in [7, 11) is 0. The van der Waals surface area contributed by atoms with Crippen LogP contribution >= 0.6 is 0 Å². The average molecular weight is 203 g/mol. The van der Waals surface area contributed by atoms with Gasteiger partial charge in [0, 0.05) is 6.42 Å². The molecule has 2 rings (SSSR count). The zero-order valence-corrected chi connectivity index (χ0v) is 7.95. The first-order chi connectivity index (χ1) is 7.25. The van der Waals surface area contributed by atoms with Crippen LogP contribution in [0.1, 0.15) is 11.1 Å². The van der Waals surface area contributed by atoms with E-state index in [9.17, 15) is 8.78 Å². The molecule has 0 saturated heterocycles. The van der Waals surface area contributed by atoms with Gasteiger partial charge >= 0.3 is 0 Å². The van der Waals surface area contributed by atoms with Gasteiger partial charge in [-0.2, -0.15) is 0 Å². The molecule has 15 heavy (non-hydrogen) atoms. The van der Waals surface area contributed by atoms with Gasteiger partial charge in [0.15, 0.2) is 0 Å². The maximum atomic E-state index is 13.2. The number of benzene rings is 2. The lowest BCUT2D eigenvalue weighted by Gasteiger charge is -2.02. The fourth-order valence-electron chi connectivity index (χ4n) is 1.33. The van der Waals surface area contributed by atoms with E-state index in [1.165, 1.54) is 18.2 Å². The summed E-state index contributed by atoms with van der Waals surface area (Å²) in [5.41, 5.74) is 1.28. The molecule has 0 aromatic heterocycles. The zero-order valence-electron chi connectivity index (χ0n) is 7.95. The van der Waals surface area contributed by atoms with Gasteiger partial charge in [0.1, 0.15) is 11.6 Å². The van der Waals surface area contributed by atoms with Crippen molar-refractivity contribution in [2.75, 3.05) is 0 Å². The summed E-state index contributed by atoms with van der Waals surface area (Å²) in [5, 5.41) is 0. The molecule has 0 unspecified atom stereocenters. The van der Waals surface area contributed by atoms with E-state index in [4.69, 9.17) is 0 Å². The normalized spacial score (nSPS) is 10.3. The highest BCUT2D eigenvalue weighted by molar-refractivity contribution is 5.37. The van der Waals surface area contributed by atoms with Gasteiger partial charge in [-0.15, -0.1) is 0 Å². The average Bonchev–Trinajstić information content (AvgIpc) is 2.25. The van der Waals surface area contributed by atoms with Crippen molar-refractivity contribution in [2.45, 2.75) is 0 Å². The first-order valence-corrected chi connectivity index (χ1v) is 4.60. The summed E-state index contributed by atoms with van der Waals surface area (Å²) in [5.74, 6) is -0.567. The minimum atomic E-state index is -0.291. The van der Waals surface area contributed by atoms with Crippen LogP contribution < -0.4 is 0 Å². The quantitative estimate of drug-likeness (QED) is 0.700. The molecule has 2 aromatic rings. The maximum absolute atomic E-state index is 13.2. The molecule has 0 atom stereocenters. The van der Waals surface area contributed by atoms with E-state index in [0.717, 1.165) is 5.56 Å². The molecule has 2 aromatic carbocycles. The van der Waals surface area contributed by atoms with Gasteiger partial charge in [-0.25, -0.2) is 8.78 Å². The predicted octanol–water partition coefficient (Wildman–Crippen LogP) is 3.57. The van der Waals surface area contributed by atoms with Crippen molar-refractivity contribution in [3.05, 3.63) is 77.7 Å². The molecule has 0 aliphatic rings. The van der Waals surface area contributed by atoms with E-state index in [1.807, 2.05) is 0 Å². The minimum Gasteiger partial charge on any atom is -0.207 e. The summed E-state index contributed by atoms with van der Waals surface area (Å²) >= 11 is 0. The monoisotopic (exact) mass is 203 g/mol. The summed E-state index contributed by atoms with van der Waals surface area (Å²) < 4.78 is 25.9. The second-order valence-corrected chi connectivity index (χ2v) is 3.22. The Bertz CT molecular complexity index is 446. The topological polar surface area (TPSA) is 0 Å². The smallest absolute Gasteiger partial charge is 0.127 e. The SMILES string of the molecule is Fc1ccc([CH]c2ccccc2F)cc1. The molecule has 2 heteroatoms. The molecule has 0 nitrogen and oxygen atoms in total. The van der Waals surface area contributed by atoms with Crippen LogP contribution in [0.3, 0.4) is 0 Å². The standard InChI is InChI=1S/C13H9F2/c14-12-7-5-10(6-8-12)9-11-3-1-2-4-13(11)15/h1-9H. The third-order valence-corrected chi connectivity index (χ3v) is 2.10. The first-order valence-electron chi connectivity index (χ1n) is 4.60. The van der Waals surface area contributed by atoms with Crippen molar-refractivity contribution in [1.29, 1.82) is 0 Å². The van der Waals surface area contributed by atoms with Gasteiger partial charge in [0.2, 0.25) is 0 Å². The van der Waals surface area contributed by atoms with E-state index in [-0.39, 0.29) is 11.6 Å². The zero-order chi connectivity index (χ0) is 10.7. The molecular weight excluding hydrogens is 194 g/mol. The lowest BCUT2D eigenvalue weighted by Crippen LogP contribution is -1.89. The fraction of sp³-hybridized carbons (Fsp3) is 0. The molecule has 0 fully saturated rings. The number of hydrogen-bond acceptors (Lipinski definition) is 0. The van der Waals surface area contributed by atoms with Gasteiger partial charge in [-0.1, -0.05) is 30.3 Å². The van der Waals surface area contributed by atoms with Crippen LogP contribution in [0.15, 0.2) is 48.5 Å².